The number of halogens is 2. The summed E-state index contributed by atoms with van der Waals surface area (Å²) in [5.41, 5.74) is 9.38. The first-order valence-electron chi connectivity index (χ1n) is 8.06. The molecule has 0 N–H and O–H groups in total. The Morgan fingerprint density at radius 2 is 0.957 bits per heavy atom. The van der Waals surface area contributed by atoms with Gasteiger partial charge in [-0.1, -0.05) is 12.1 Å². The molecule has 0 saturated carbocycles. The van der Waals surface area contributed by atoms with E-state index in [-0.39, 0.29) is 0 Å². The van der Waals surface area contributed by atoms with Gasteiger partial charge in [-0.2, -0.15) is 0 Å². The molecule has 23 heavy (non-hydrogen) atoms. The van der Waals surface area contributed by atoms with Crippen molar-refractivity contribution in [2.24, 2.45) is 0 Å². The normalized spacial score (nSPS) is 15.7. The highest BCUT2D eigenvalue weighted by atomic mass is 127. The van der Waals surface area contributed by atoms with Crippen LogP contribution < -0.4 is 0 Å². The summed E-state index contributed by atoms with van der Waals surface area (Å²) in [4.78, 5) is 0. The second-order valence-electron chi connectivity index (χ2n) is 7.16. The van der Waals surface area contributed by atoms with Gasteiger partial charge in [0.2, 0.25) is 0 Å². The van der Waals surface area contributed by atoms with Crippen molar-refractivity contribution in [1.82, 2.24) is 0 Å². The number of benzene rings is 4. The van der Waals surface area contributed by atoms with Gasteiger partial charge in [-0.15, -0.1) is 0 Å². The van der Waals surface area contributed by atoms with E-state index in [1.54, 1.807) is 65.7 Å². The molecule has 0 amide bonds. The molecule has 4 aromatic rings. The predicted octanol–water partition coefficient (Wildman–Crippen LogP) is 6.07. The van der Waals surface area contributed by atoms with E-state index in [9.17, 15) is 0 Å². The Morgan fingerprint density at radius 3 is 1.65 bits per heavy atom. The van der Waals surface area contributed by atoms with Gasteiger partial charge in [0.15, 0.2) is 0 Å². The molecule has 0 bridgehead atoms. The van der Waals surface area contributed by atoms with Crippen LogP contribution in [0.25, 0.3) is 32.3 Å². The highest BCUT2D eigenvalue weighted by Gasteiger charge is 2.33. The topological polar surface area (TPSA) is 0 Å². The minimum atomic E-state index is 1.12. The van der Waals surface area contributed by atoms with Crippen molar-refractivity contribution < 1.29 is 0 Å². The Labute approximate surface area is 160 Å². The maximum absolute atomic E-state index is 2.56. The fraction of sp³-hybridized carbons (Fsp3) is 0.143. The van der Waals surface area contributed by atoms with Gasteiger partial charge in [0.05, 0.1) is 0 Å². The fourth-order valence-electron chi connectivity index (χ4n) is 5.37. The van der Waals surface area contributed by atoms with Crippen molar-refractivity contribution in [1.29, 1.82) is 0 Å². The third kappa shape index (κ3) is 1.20. The van der Waals surface area contributed by atoms with Crippen molar-refractivity contribution in [2.45, 2.75) is 19.3 Å². The van der Waals surface area contributed by atoms with Crippen LogP contribution in [-0.2, 0) is 19.3 Å². The summed E-state index contributed by atoms with van der Waals surface area (Å²) < 4.78 is 2.93. The highest BCUT2D eigenvalue weighted by Crippen LogP contribution is 2.54. The Morgan fingerprint density at radius 1 is 0.522 bits per heavy atom. The second-order valence-corrected chi connectivity index (χ2v) is 9.48. The molecule has 0 aliphatic heterocycles. The average molecular weight is 516 g/mol. The predicted molar refractivity (Wildman–Crippen MR) is 113 cm³/mol. The Bertz CT molecular complexity index is 1260. The van der Waals surface area contributed by atoms with E-state index in [2.05, 4.69) is 69.4 Å². The van der Waals surface area contributed by atoms with E-state index in [0.717, 1.165) is 19.3 Å². The molecule has 7 rings (SSSR count). The third-order valence-electron chi connectivity index (χ3n) is 6.17. The summed E-state index contributed by atoms with van der Waals surface area (Å²) in [6.45, 7) is 0. The lowest BCUT2D eigenvalue weighted by atomic mass is 9.94. The van der Waals surface area contributed by atoms with E-state index in [4.69, 9.17) is 0 Å². The van der Waals surface area contributed by atoms with Gasteiger partial charge in [-0.3, -0.25) is 0 Å². The quantitative estimate of drug-likeness (QED) is 0.170. The Kier molecular flexibility index (Phi) is 2.00. The zero-order valence-electron chi connectivity index (χ0n) is 12.2. The van der Waals surface area contributed by atoms with Crippen LogP contribution in [0.2, 0.25) is 0 Å². The molecule has 3 aliphatic rings. The van der Waals surface area contributed by atoms with E-state index < -0.39 is 0 Å². The van der Waals surface area contributed by atoms with Crippen LogP contribution in [0.15, 0.2) is 24.3 Å². The summed E-state index contributed by atoms with van der Waals surface area (Å²) in [5, 5.41) is 9.56. The van der Waals surface area contributed by atoms with Gasteiger partial charge in [-0.05, 0) is 142 Å². The lowest BCUT2D eigenvalue weighted by Gasteiger charge is -2.10. The van der Waals surface area contributed by atoms with Crippen LogP contribution in [0.4, 0.5) is 0 Å². The number of hydrogen-bond acceptors (Lipinski definition) is 0. The highest BCUT2D eigenvalue weighted by molar-refractivity contribution is 14.1. The van der Waals surface area contributed by atoms with E-state index in [1.807, 2.05) is 0 Å². The van der Waals surface area contributed by atoms with Crippen molar-refractivity contribution in [3.05, 3.63) is 64.8 Å². The first kappa shape index (κ1) is 12.5. The number of hydrogen-bond donors (Lipinski definition) is 0. The molecule has 0 radical (unpaired) electrons. The summed E-state index contributed by atoms with van der Waals surface area (Å²) in [7, 11) is 0. The second kappa shape index (κ2) is 3.69. The van der Waals surface area contributed by atoms with E-state index in [1.165, 1.54) is 7.14 Å². The van der Waals surface area contributed by atoms with Crippen LogP contribution >= 0.6 is 45.2 Å². The van der Waals surface area contributed by atoms with Crippen LogP contribution in [0.5, 0.6) is 0 Å². The largest absolute Gasteiger partial charge is 0.0578 e. The lowest BCUT2D eigenvalue weighted by molar-refractivity contribution is 1.22. The van der Waals surface area contributed by atoms with Crippen molar-refractivity contribution >= 4 is 77.5 Å². The molecule has 0 nitrogen and oxygen atoms in total. The first-order chi connectivity index (χ1) is 11.2. The molecule has 2 heteroatoms. The van der Waals surface area contributed by atoms with Crippen molar-refractivity contribution in [2.75, 3.05) is 0 Å². The molecule has 0 aromatic heterocycles. The minimum absolute atomic E-state index is 1.12. The van der Waals surface area contributed by atoms with E-state index in [0.29, 0.717) is 0 Å². The van der Waals surface area contributed by atoms with E-state index >= 15 is 0 Å². The SMILES string of the molecule is Ic1cc2c3c4c1Cc1ccc5c(c14)c1c(cc(I)c(c13)C2)C5. The summed E-state index contributed by atoms with van der Waals surface area (Å²) in [5.74, 6) is 0. The van der Waals surface area contributed by atoms with Crippen LogP contribution in [0.3, 0.4) is 0 Å². The molecule has 3 aliphatic carbocycles. The standard InChI is InChI=1S/C21H10I2/c22-14-6-10-3-8-1-2-9-4-12-15(23)7-11-5-13(14)21-18(10)16(8)17(9)20(12)19(11)21/h1-2,6-7H,3-5H2. The first-order valence-corrected chi connectivity index (χ1v) is 10.2. The molecule has 0 fully saturated rings. The molecule has 4 aromatic carbocycles. The van der Waals surface area contributed by atoms with Gasteiger partial charge in [0.25, 0.3) is 0 Å². The van der Waals surface area contributed by atoms with Gasteiger partial charge in [0, 0.05) is 7.14 Å². The minimum Gasteiger partial charge on any atom is -0.0578 e. The smallest absolute Gasteiger partial charge is 0.0175 e. The van der Waals surface area contributed by atoms with Crippen molar-refractivity contribution in [3.63, 3.8) is 0 Å². The molecule has 0 saturated heterocycles. The zero-order chi connectivity index (χ0) is 15.0. The molecule has 0 unspecified atom stereocenters. The molecular formula is C21H10I2. The summed E-state index contributed by atoms with van der Waals surface area (Å²) >= 11 is 5.12. The lowest BCUT2D eigenvalue weighted by Crippen LogP contribution is -1.90. The average Bonchev–Trinajstić information content (AvgIpc) is 3.17. The Balaban J connectivity index is 1.99. The monoisotopic (exact) mass is 516 g/mol. The van der Waals surface area contributed by atoms with Gasteiger partial charge < -0.3 is 0 Å². The van der Waals surface area contributed by atoms with Gasteiger partial charge >= 0.3 is 0 Å². The van der Waals surface area contributed by atoms with Gasteiger partial charge in [0.1, 0.15) is 0 Å². The maximum Gasteiger partial charge on any atom is 0.0175 e. The maximum atomic E-state index is 2.56. The van der Waals surface area contributed by atoms with Crippen molar-refractivity contribution in [3.8, 4) is 0 Å². The van der Waals surface area contributed by atoms with Crippen LogP contribution in [-0.4, -0.2) is 0 Å². The molecule has 0 heterocycles. The zero-order valence-corrected chi connectivity index (χ0v) is 16.5. The fourth-order valence-corrected chi connectivity index (χ4v) is 7.05. The summed E-state index contributed by atoms with van der Waals surface area (Å²) in [6, 6.07) is 9.71. The Hall–Kier alpha value is -0.880. The summed E-state index contributed by atoms with van der Waals surface area (Å²) in [6.07, 6.45) is 3.37. The molecule has 108 valence electrons. The van der Waals surface area contributed by atoms with Crippen LogP contribution in [0.1, 0.15) is 33.4 Å². The van der Waals surface area contributed by atoms with Crippen LogP contribution in [0, 0.1) is 7.14 Å². The molecule has 0 atom stereocenters. The third-order valence-corrected chi connectivity index (χ3v) is 8.09. The molecule has 0 spiro atoms. The number of rotatable bonds is 0. The molecular weight excluding hydrogens is 506 g/mol. The van der Waals surface area contributed by atoms with Gasteiger partial charge in [-0.25, -0.2) is 0 Å².